The van der Waals surface area contributed by atoms with Crippen molar-refractivity contribution in [2.75, 3.05) is 19.7 Å². The number of esters is 1. The lowest BCUT2D eigenvalue weighted by molar-refractivity contribution is -0.149. The molecule has 1 saturated heterocycles. The molecule has 2 rings (SSSR count). The number of aromatic nitrogens is 4. The highest BCUT2D eigenvalue weighted by Gasteiger charge is 2.26. The Morgan fingerprint density at radius 2 is 2.10 bits per heavy atom. The molecule has 118 valence electrons. The summed E-state index contributed by atoms with van der Waals surface area (Å²) in [6.45, 7) is 7.89. The van der Waals surface area contributed by atoms with E-state index in [-0.39, 0.29) is 11.9 Å². The van der Waals surface area contributed by atoms with Gasteiger partial charge in [0.1, 0.15) is 0 Å². The molecule has 1 aliphatic rings. The third-order valence-corrected chi connectivity index (χ3v) is 3.90. The molecule has 1 aromatic rings. The molecule has 0 radical (unpaired) electrons. The van der Waals surface area contributed by atoms with Gasteiger partial charge in [-0.2, -0.15) is 0 Å². The fraction of sp³-hybridized carbons (Fsp3) is 0.857. The third kappa shape index (κ3) is 4.49. The Morgan fingerprint density at radius 1 is 1.33 bits per heavy atom. The number of hydrogen-bond acceptors (Lipinski definition) is 6. The van der Waals surface area contributed by atoms with Crippen LogP contribution in [0.1, 0.15) is 45.4 Å². The van der Waals surface area contributed by atoms with E-state index in [1.54, 1.807) is 0 Å². The first kappa shape index (κ1) is 15.9. The quantitative estimate of drug-likeness (QED) is 0.705. The lowest BCUT2D eigenvalue weighted by Gasteiger charge is -2.30. The van der Waals surface area contributed by atoms with Gasteiger partial charge >= 0.3 is 5.97 Å². The van der Waals surface area contributed by atoms with E-state index in [0.29, 0.717) is 6.61 Å². The summed E-state index contributed by atoms with van der Waals surface area (Å²) in [5, 5.41) is 11.9. The predicted molar refractivity (Wildman–Crippen MR) is 77.4 cm³/mol. The van der Waals surface area contributed by atoms with Crippen molar-refractivity contribution in [2.24, 2.45) is 5.92 Å². The summed E-state index contributed by atoms with van der Waals surface area (Å²) < 4.78 is 6.98. The maximum absolute atomic E-state index is 11.7. The first-order valence-electron chi connectivity index (χ1n) is 7.88. The van der Waals surface area contributed by atoms with Gasteiger partial charge in [-0.05, 0) is 49.7 Å². The zero-order chi connectivity index (χ0) is 15.1. The highest BCUT2D eigenvalue weighted by molar-refractivity contribution is 5.72. The highest BCUT2D eigenvalue weighted by atomic mass is 16.5. The van der Waals surface area contributed by atoms with Gasteiger partial charge in [-0.1, -0.05) is 13.3 Å². The van der Waals surface area contributed by atoms with Crippen LogP contribution in [0.5, 0.6) is 0 Å². The van der Waals surface area contributed by atoms with Crippen molar-refractivity contribution in [1.82, 2.24) is 25.1 Å². The second-order valence-corrected chi connectivity index (χ2v) is 5.47. The van der Waals surface area contributed by atoms with Crippen molar-refractivity contribution in [3.8, 4) is 0 Å². The molecule has 0 atom stereocenters. The van der Waals surface area contributed by atoms with Gasteiger partial charge < -0.3 is 4.74 Å². The monoisotopic (exact) mass is 295 g/mol. The van der Waals surface area contributed by atoms with Crippen LogP contribution in [0.3, 0.4) is 0 Å². The molecular formula is C14H25N5O2. The molecule has 1 aliphatic heterocycles. The lowest BCUT2D eigenvalue weighted by Crippen LogP contribution is -2.37. The van der Waals surface area contributed by atoms with Crippen LogP contribution >= 0.6 is 0 Å². The summed E-state index contributed by atoms with van der Waals surface area (Å²) >= 11 is 0. The van der Waals surface area contributed by atoms with E-state index in [1.165, 1.54) is 0 Å². The summed E-state index contributed by atoms with van der Waals surface area (Å²) in [4.78, 5) is 14.0. The van der Waals surface area contributed by atoms with Crippen LogP contribution < -0.4 is 0 Å². The smallest absolute Gasteiger partial charge is 0.309 e. The van der Waals surface area contributed by atoms with E-state index in [9.17, 15) is 4.79 Å². The molecule has 0 saturated carbocycles. The number of ether oxygens (including phenoxy) is 1. The number of unbranched alkanes of at least 4 members (excludes halogenated alkanes) is 1. The standard InChI is InChI=1S/C14H25N5O2/c1-3-5-8-19-13(15-16-17-19)11-18-9-6-12(7-10-18)14(20)21-4-2/h12H,3-11H2,1-2H3. The number of carbonyl (C=O) groups excluding carboxylic acids is 1. The summed E-state index contributed by atoms with van der Waals surface area (Å²) in [6.07, 6.45) is 3.93. The number of likely N-dealkylation sites (tertiary alicyclic amines) is 1. The number of rotatable bonds is 7. The largest absolute Gasteiger partial charge is 0.466 e. The minimum Gasteiger partial charge on any atom is -0.466 e. The normalized spacial score (nSPS) is 17.0. The van der Waals surface area contributed by atoms with Gasteiger partial charge in [0.15, 0.2) is 5.82 Å². The van der Waals surface area contributed by atoms with Crippen LogP contribution in [-0.2, 0) is 22.6 Å². The Morgan fingerprint density at radius 3 is 2.76 bits per heavy atom. The van der Waals surface area contributed by atoms with Crippen LogP contribution in [-0.4, -0.2) is 50.8 Å². The molecule has 0 bridgehead atoms. The summed E-state index contributed by atoms with van der Waals surface area (Å²) in [5.74, 6) is 0.917. The van der Waals surface area contributed by atoms with E-state index in [0.717, 1.165) is 57.7 Å². The molecular weight excluding hydrogens is 270 g/mol. The molecule has 0 amide bonds. The average molecular weight is 295 g/mol. The minimum atomic E-state index is -0.0510. The zero-order valence-electron chi connectivity index (χ0n) is 13.0. The molecule has 21 heavy (non-hydrogen) atoms. The Kier molecular flexibility index (Phi) is 6.10. The molecule has 2 heterocycles. The molecule has 1 aromatic heterocycles. The third-order valence-electron chi connectivity index (χ3n) is 3.90. The number of piperidine rings is 1. The lowest BCUT2D eigenvalue weighted by atomic mass is 9.97. The summed E-state index contributed by atoms with van der Waals surface area (Å²) in [6, 6.07) is 0. The molecule has 0 aromatic carbocycles. The van der Waals surface area contributed by atoms with Gasteiger partial charge in [0.2, 0.25) is 0 Å². The van der Waals surface area contributed by atoms with Gasteiger partial charge in [-0.25, -0.2) is 4.68 Å². The Balaban J connectivity index is 1.81. The van der Waals surface area contributed by atoms with E-state index < -0.39 is 0 Å². The van der Waals surface area contributed by atoms with Gasteiger partial charge in [0.05, 0.1) is 19.1 Å². The highest BCUT2D eigenvalue weighted by Crippen LogP contribution is 2.19. The van der Waals surface area contributed by atoms with Crippen molar-refractivity contribution in [3.63, 3.8) is 0 Å². The zero-order valence-corrected chi connectivity index (χ0v) is 13.0. The number of hydrogen-bond donors (Lipinski definition) is 0. The van der Waals surface area contributed by atoms with Crippen LogP contribution in [0.4, 0.5) is 0 Å². The summed E-state index contributed by atoms with van der Waals surface area (Å²) in [7, 11) is 0. The van der Waals surface area contributed by atoms with Crippen LogP contribution in [0.2, 0.25) is 0 Å². The van der Waals surface area contributed by atoms with Gasteiger partial charge in [-0.3, -0.25) is 9.69 Å². The Hall–Kier alpha value is -1.50. The number of aryl methyl sites for hydroxylation is 1. The molecule has 1 fully saturated rings. The van der Waals surface area contributed by atoms with Crippen molar-refractivity contribution in [2.45, 2.75) is 52.6 Å². The number of nitrogens with zero attached hydrogens (tertiary/aromatic N) is 5. The molecule has 0 spiro atoms. The topological polar surface area (TPSA) is 73.1 Å². The second kappa shape index (κ2) is 8.07. The fourth-order valence-electron chi connectivity index (χ4n) is 2.60. The maximum Gasteiger partial charge on any atom is 0.309 e. The first-order chi connectivity index (χ1) is 10.2. The fourth-order valence-corrected chi connectivity index (χ4v) is 2.60. The molecule has 0 unspecified atom stereocenters. The van der Waals surface area contributed by atoms with Crippen molar-refractivity contribution in [1.29, 1.82) is 0 Å². The predicted octanol–water partition coefficient (Wildman–Crippen LogP) is 1.25. The van der Waals surface area contributed by atoms with Crippen molar-refractivity contribution >= 4 is 5.97 Å². The Labute approximate surface area is 125 Å². The summed E-state index contributed by atoms with van der Waals surface area (Å²) in [5.41, 5.74) is 0. The van der Waals surface area contributed by atoms with Crippen LogP contribution in [0, 0.1) is 5.92 Å². The van der Waals surface area contributed by atoms with E-state index in [2.05, 4.69) is 27.3 Å². The molecule has 7 nitrogen and oxygen atoms in total. The van der Waals surface area contributed by atoms with E-state index in [4.69, 9.17) is 4.74 Å². The molecule has 0 N–H and O–H groups in total. The molecule has 7 heteroatoms. The van der Waals surface area contributed by atoms with E-state index in [1.807, 2.05) is 11.6 Å². The van der Waals surface area contributed by atoms with Gasteiger partial charge in [0, 0.05) is 6.54 Å². The van der Waals surface area contributed by atoms with Crippen LogP contribution in [0.25, 0.3) is 0 Å². The van der Waals surface area contributed by atoms with Crippen molar-refractivity contribution < 1.29 is 9.53 Å². The number of carbonyl (C=O) groups is 1. The molecule has 0 aliphatic carbocycles. The van der Waals surface area contributed by atoms with Gasteiger partial charge in [-0.15, -0.1) is 5.10 Å². The van der Waals surface area contributed by atoms with Crippen molar-refractivity contribution in [3.05, 3.63) is 5.82 Å². The Bertz CT molecular complexity index is 440. The van der Waals surface area contributed by atoms with Crippen LogP contribution in [0.15, 0.2) is 0 Å². The van der Waals surface area contributed by atoms with E-state index >= 15 is 0 Å². The maximum atomic E-state index is 11.7. The first-order valence-corrected chi connectivity index (χ1v) is 7.88. The SMILES string of the molecule is CCCCn1nnnc1CN1CCC(C(=O)OCC)CC1. The average Bonchev–Trinajstić information content (AvgIpc) is 2.93. The minimum absolute atomic E-state index is 0.0510. The number of tetrazole rings is 1. The second-order valence-electron chi connectivity index (χ2n) is 5.47. The van der Waals surface area contributed by atoms with Gasteiger partial charge in [0.25, 0.3) is 0 Å².